The summed E-state index contributed by atoms with van der Waals surface area (Å²) < 4.78 is 65.7. The second kappa shape index (κ2) is 7.67. The molecule has 26 heavy (non-hydrogen) atoms. The molecule has 0 spiro atoms. The van der Waals surface area contributed by atoms with E-state index in [0.29, 0.717) is 5.56 Å². The molecule has 0 heterocycles. The van der Waals surface area contributed by atoms with Crippen LogP contribution in [0.15, 0.2) is 48.5 Å². The van der Waals surface area contributed by atoms with Crippen molar-refractivity contribution in [3.05, 3.63) is 54.1 Å². The highest BCUT2D eigenvalue weighted by Crippen LogP contribution is 2.35. The minimum Gasteiger partial charge on any atom is -0.508 e. The van der Waals surface area contributed by atoms with Gasteiger partial charge < -0.3 is 5.11 Å². The van der Waals surface area contributed by atoms with Crippen molar-refractivity contribution in [3.63, 3.8) is 0 Å². The van der Waals surface area contributed by atoms with Crippen molar-refractivity contribution in [2.24, 2.45) is 0 Å². The molecular formula is C18H20F3NO3S. The summed E-state index contributed by atoms with van der Waals surface area (Å²) >= 11 is 0. The third kappa shape index (κ3) is 4.98. The Kier molecular flexibility index (Phi) is 5.98. The van der Waals surface area contributed by atoms with Gasteiger partial charge >= 0.3 is 6.18 Å². The number of rotatable bonds is 6. The summed E-state index contributed by atoms with van der Waals surface area (Å²) in [7, 11) is -3.79. The highest BCUT2D eigenvalue weighted by Gasteiger charge is 2.41. The zero-order chi connectivity index (χ0) is 19.5. The first-order valence-electron chi connectivity index (χ1n) is 7.95. The number of aromatic hydroxyl groups is 1. The summed E-state index contributed by atoms with van der Waals surface area (Å²) in [5, 5.41) is 8.48. The Bertz CT molecular complexity index is 829. The van der Waals surface area contributed by atoms with Gasteiger partial charge in [-0.3, -0.25) is 0 Å². The van der Waals surface area contributed by atoms with E-state index in [-0.39, 0.29) is 11.3 Å². The molecule has 142 valence electrons. The fourth-order valence-corrected chi connectivity index (χ4v) is 3.08. The van der Waals surface area contributed by atoms with Crippen LogP contribution in [0.4, 0.5) is 13.2 Å². The maximum atomic E-state index is 13.4. The number of phenolic OH excluding ortho intramolecular Hbond substituents is 1. The summed E-state index contributed by atoms with van der Waals surface area (Å²) in [6.07, 6.45) is -4.58. The van der Waals surface area contributed by atoms with Crippen LogP contribution in [0, 0.1) is 0 Å². The number of halogens is 3. The van der Waals surface area contributed by atoms with Gasteiger partial charge in [-0.25, -0.2) is 13.1 Å². The smallest absolute Gasteiger partial charge is 0.396 e. The van der Waals surface area contributed by atoms with E-state index in [0.717, 1.165) is 5.56 Å². The maximum absolute atomic E-state index is 13.4. The van der Waals surface area contributed by atoms with Crippen LogP contribution in [0.25, 0.3) is 11.1 Å². The Hall–Kier alpha value is -2.06. The quantitative estimate of drug-likeness (QED) is 0.786. The summed E-state index contributed by atoms with van der Waals surface area (Å²) in [5.74, 6) is -1.84. The van der Waals surface area contributed by atoms with Crippen molar-refractivity contribution < 1.29 is 26.7 Å². The van der Waals surface area contributed by atoms with Crippen molar-refractivity contribution in [2.45, 2.75) is 31.2 Å². The number of alkyl halides is 3. The molecule has 0 saturated carbocycles. The minimum absolute atomic E-state index is 0.0218. The van der Waals surface area contributed by atoms with Crippen LogP contribution in [-0.4, -0.2) is 31.5 Å². The van der Waals surface area contributed by atoms with E-state index in [1.807, 2.05) is 4.72 Å². The molecule has 0 aliphatic heterocycles. The molecule has 2 aromatic carbocycles. The second-order valence-corrected chi connectivity index (χ2v) is 8.53. The molecule has 0 saturated heterocycles. The van der Waals surface area contributed by atoms with Crippen LogP contribution in [0.5, 0.6) is 5.75 Å². The van der Waals surface area contributed by atoms with E-state index in [1.54, 1.807) is 12.1 Å². The first-order valence-corrected chi connectivity index (χ1v) is 9.50. The summed E-state index contributed by atoms with van der Waals surface area (Å²) in [4.78, 5) is 0. The lowest BCUT2D eigenvalue weighted by Crippen LogP contribution is -2.38. The molecule has 0 amide bonds. The molecule has 0 aliphatic carbocycles. The Morgan fingerprint density at radius 3 is 1.85 bits per heavy atom. The first kappa shape index (κ1) is 20.3. The zero-order valence-electron chi connectivity index (χ0n) is 14.3. The van der Waals surface area contributed by atoms with Crippen molar-refractivity contribution in [2.75, 3.05) is 6.54 Å². The molecule has 8 heteroatoms. The van der Waals surface area contributed by atoms with E-state index in [9.17, 15) is 26.7 Å². The van der Waals surface area contributed by atoms with Gasteiger partial charge in [0, 0.05) is 6.54 Å². The number of nitrogens with one attached hydrogen (secondary N) is 1. The van der Waals surface area contributed by atoms with Crippen molar-refractivity contribution in [1.82, 2.24) is 4.72 Å². The third-order valence-corrected chi connectivity index (χ3v) is 5.83. The molecule has 0 aliphatic rings. The van der Waals surface area contributed by atoms with Gasteiger partial charge in [0.2, 0.25) is 10.0 Å². The molecule has 0 aromatic heterocycles. The topological polar surface area (TPSA) is 66.4 Å². The average Bonchev–Trinajstić information content (AvgIpc) is 2.55. The monoisotopic (exact) mass is 387 g/mol. The van der Waals surface area contributed by atoms with Gasteiger partial charge in [0.1, 0.15) is 5.75 Å². The zero-order valence-corrected chi connectivity index (χ0v) is 15.1. The fourth-order valence-electron chi connectivity index (χ4n) is 2.35. The predicted octanol–water partition coefficient (Wildman–Crippen LogP) is 4.03. The molecule has 0 bridgehead atoms. The Morgan fingerprint density at radius 1 is 0.962 bits per heavy atom. The predicted molar refractivity (Wildman–Crippen MR) is 94.4 cm³/mol. The maximum Gasteiger partial charge on any atom is 0.396 e. The number of benzene rings is 2. The highest BCUT2D eigenvalue weighted by atomic mass is 32.2. The molecule has 4 nitrogen and oxygen atoms in total. The van der Waals surface area contributed by atoms with Crippen LogP contribution in [0.2, 0.25) is 0 Å². The van der Waals surface area contributed by atoms with Gasteiger partial charge in [0.25, 0.3) is 0 Å². The van der Waals surface area contributed by atoms with Crippen molar-refractivity contribution in [3.8, 4) is 16.9 Å². The molecular weight excluding hydrogens is 367 g/mol. The van der Waals surface area contributed by atoms with Gasteiger partial charge in [-0.1, -0.05) is 36.4 Å². The number of sulfonamides is 1. The van der Waals surface area contributed by atoms with E-state index < -0.39 is 33.9 Å². The van der Waals surface area contributed by atoms with Crippen molar-refractivity contribution >= 4 is 10.0 Å². The average molecular weight is 387 g/mol. The Morgan fingerprint density at radius 2 is 1.42 bits per heavy atom. The summed E-state index contributed by atoms with van der Waals surface area (Å²) in [5.41, 5.74) is 1.42. The fraction of sp³-hybridized carbons (Fsp3) is 0.333. The lowest BCUT2D eigenvalue weighted by molar-refractivity contribution is -0.148. The second-order valence-electron chi connectivity index (χ2n) is 6.21. The third-order valence-electron chi connectivity index (χ3n) is 4.02. The SMILES string of the molecule is CC(C)S(=O)(=O)NCC(c1ccc(-c2ccc(O)cc2)cc1)C(F)(F)F. The molecule has 0 radical (unpaired) electrons. The van der Waals surface area contributed by atoms with Crippen LogP contribution >= 0.6 is 0 Å². The Labute approximate surface area is 150 Å². The van der Waals surface area contributed by atoms with Crippen LogP contribution in [0.3, 0.4) is 0 Å². The van der Waals surface area contributed by atoms with Crippen molar-refractivity contribution in [1.29, 1.82) is 0 Å². The standard InChI is InChI=1S/C18H20F3NO3S/c1-12(2)26(24,25)22-11-17(18(19,20)21)15-5-3-13(4-6-15)14-7-9-16(23)10-8-14/h3-10,12,17,22-23H,11H2,1-2H3. The molecule has 2 N–H and O–H groups in total. The largest absolute Gasteiger partial charge is 0.508 e. The molecule has 1 unspecified atom stereocenters. The number of hydrogen-bond acceptors (Lipinski definition) is 3. The molecule has 2 rings (SSSR count). The normalized spacial score (nSPS) is 13.8. The summed E-state index contributed by atoms with van der Waals surface area (Å²) in [6.45, 7) is 2.05. The van der Waals surface area contributed by atoms with Crippen LogP contribution < -0.4 is 4.72 Å². The van der Waals surface area contributed by atoms with Gasteiger partial charge in [-0.2, -0.15) is 13.2 Å². The van der Waals surface area contributed by atoms with Crippen LogP contribution in [-0.2, 0) is 10.0 Å². The lowest BCUT2D eigenvalue weighted by atomic mass is 9.96. The molecule has 2 aromatic rings. The number of phenols is 1. The summed E-state index contributed by atoms with van der Waals surface area (Å²) in [6, 6.07) is 12.0. The number of hydrogen-bond donors (Lipinski definition) is 2. The first-order chi connectivity index (χ1) is 12.0. The van der Waals surface area contributed by atoms with Crippen LogP contribution in [0.1, 0.15) is 25.3 Å². The highest BCUT2D eigenvalue weighted by molar-refractivity contribution is 7.90. The van der Waals surface area contributed by atoms with Gasteiger partial charge in [-0.15, -0.1) is 0 Å². The molecule has 1 atom stereocenters. The van der Waals surface area contributed by atoms with E-state index in [4.69, 9.17) is 0 Å². The van der Waals surface area contributed by atoms with Gasteiger partial charge in [0.05, 0.1) is 11.2 Å². The lowest BCUT2D eigenvalue weighted by Gasteiger charge is -2.22. The van der Waals surface area contributed by atoms with E-state index >= 15 is 0 Å². The van der Waals surface area contributed by atoms with E-state index in [1.165, 1.54) is 50.2 Å². The van der Waals surface area contributed by atoms with Gasteiger partial charge in [0.15, 0.2) is 0 Å². The minimum atomic E-state index is -4.58. The Balaban J connectivity index is 2.25. The van der Waals surface area contributed by atoms with E-state index in [2.05, 4.69) is 0 Å². The molecule has 0 fully saturated rings. The van der Waals surface area contributed by atoms with Gasteiger partial charge in [-0.05, 0) is 42.7 Å².